The highest BCUT2D eigenvalue weighted by atomic mass is 35.5. The van der Waals surface area contributed by atoms with E-state index in [4.69, 9.17) is 11.6 Å². The van der Waals surface area contributed by atoms with Gasteiger partial charge in [-0.05, 0) is 61.4 Å². The monoisotopic (exact) mass is 441 g/mol. The van der Waals surface area contributed by atoms with E-state index in [1.165, 1.54) is 11.3 Å². The molecule has 0 aliphatic heterocycles. The van der Waals surface area contributed by atoms with Gasteiger partial charge in [-0.1, -0.05) is 23.7 Å². The van der Waals surface area contributed by atoms with Crippen LogP contribution >= 0.6 is 22.9 Å². The second kappa shape index (κ2) is 9.11. The van der Waals surface area contributed by atoms with Crippen LogP contribution in [0.1, 0.15) is 41.5 Å². The molecule has 3 aromatic rings. The molecule has 3 rings (SSSR count). The Bertz CT molecular complexity index is 1140. The van der Waals surface area contributed by atoms with Gasteiger partial charge in [-0.2, -0.15) is 0 Å². The molecule has 0 saturated heterocycles. The van der Waals surface area contributed by atoms with Gasteiger partial charge >= 0.3 is 0 Å². The number of amides is 3. The summed E-state index contributed by atoms with van der Waals surface area (Å²) >= 11 is 7.25. The third-order valence-electron chi connectivity index (χ3n) is 4.44. The van der Waals surface area contributed by atoms with E-state index in [1.54, 1.807) is 62.5 Å². The largest absolute Gasteiger partial charge is 0.355 e. The third-order valence-corrected chi connectivity index (χ3v) is 5.92. The standard InChI is InChI=1S/C22H20ClN3O3S/c1-12-10-14(20(27)24-3)8-9-17(12)25-22(29)19-13(2)11-18(30-19)26-21(28)15-6-4-5-7-16(15)23/h4-11H,1-3H3,(H,24,27)(H,25,29)(H,26,28). The average Bonchev–Trinajstić information content (AvgIpc) is 3.09. The maximum absolute atomic E-state index is 12.8. The van der Waals surface area contributed by atoms with Gasteiger partial charge in [0.15, 0.2) is 0 Å². The van der Waals surface area contributed by atoms with E-state index in [-0.39, 0.29) is 17.7 Å². The number of rotatable bonds is 5. The molecule has 6 nitrogen and oxygen atoms in total. The molecule has 0 aliphatic rings. The summed E-state index contributed by atoms with van der Waals surface area (Å²) in [6, 6.07) is 13.6. The van der Waals surface area contributed by atoms with Gasteiger partial charge in [-0.15, -0.1) is 11.3 Å². The van der Waals surface area contributed by atoms with Crippen LogP contribution in [-0.2, 0) is 0 Å². The maximum Gasteiger partial charge on any atom is 0.266 e. The molecule has 3 N–H and O–H groups in total. The first kappa shape index (κ1) is 21.5. The van der Waals surface area contributed by atoms with E-state index in [2.05, 4.69) is 16.0 Å². The van der Waals surface area contributed by atoms with Crippen molar-refractivity contribution in [3.63, 3.8) is 0 Å². The molecule has 0 fully saturated rings. The van der Waals surface area contributed by atoms with E-state index in [0.29, 0.717) is 31.7 Å². The molecule has 30 heavy (non-hydrogen) atoms. The molecule has 0 spiro atoms. The Balaban J connectivity index is 1.75. The van der Waals surface area contributed by atoms with Gasteiger partial charge in [0.1, 0.15) is 0 Å². The van der Waals surface area contributed by atoms with Crippen molar-refractivity contribution < 1.29 is 14.4 Å². The lowest BCUT2D eigenvalue weighted by molar-refractivity contribution is 0.0961. The van der Waals surface area contributed by atoms with Crippen molar-refractivity contribution >= 4 is 51.3 Å². The summed E-state index contributed by atoms with van der Waals surface area (Å²) in [6.07, 6.45) is 0. The number of hydrogen-bond acceptors (Lipinski definition) is 4. The minimum atomic E-state index is -0.338. The van der Waals surface area contributed by atoms with Crippen LogP contribution in [0.2, 0.25) is 5.02 Å². The van der Waals surface area contributed by atoms with Crippen molar-refractivity contribution in [1.29, 1.82) is 0 Å². The van der Waals surface area contributed by atoms with Crippen molar-refractivity contribution in [2.24, 2.45) is 0 Å². The topological polar surface area (TPSA) is 87.3 Å². The highest BCUT2D eigenvalue weighted by molar-refractivity contribution is 7.18. The number of nitrogens with one attached hydrogen (secondary N) is 3. The van der Waals surface area contributed by atoms with E-state index < -0.39 is 0 Å². The number of carbonyl (C=O) groups is 3. The van der Waals surface area contributed by atoms with Crippen LogP contribution < -0.4 is 16.0 Å². The molecule has 0 bridgehead atoms. The molecule has 8 heteroatoms. The number of halogens is 1. The number of hydrogen-bond donors (Lipinski definition) is 3. The zero-order chi connectivity index (χ0) is 21.8. The summed E-state index contributed by atoms with van der Waals surface area (Å²) < 4.78 is 0. The molecule has 0 radical (unpaired) electrons. The summed E-state index contributed by atoms with van der Waals surface area (Å²) in [6.45, 7) is 3.62. The first-order valence-electron chi connectivity index (χ1n) is 9.10. The van der Waals surface area contributed by atoms with Gasteiger partial charge in [-0.3, -0.25) is 14.4 Å². The first-order chi connectivity index (χ1) is 14.3. The number of benzene rings is 2. The Morgan fingerprint density at radius 2 is 1.60 bits per heavy atom. The molecule has 2 aromatic carbocycles. The summed E-state index contributed by atoms with van der Waals surface area (Å²) in [7, 11) is 1.56. The van der Waals surface area contributed by atoms with Crippen LogP contribution in [0.15, 0.2) is 48.5 Å². The van der Waals surface area contributed by atoms with E-state index in [1.807, 2.05) is 6.92 Å². The summed E-state index contributed by atoms with van der Waals surface area (Å²) in [5, 5.41) is 9.13. The van der Waals surface area contributed by atoms with E-state index in [0.717, 1.165) is 11.1 Å². The lowest BCUT2D eigenvalue weighted by Gasteiger charge is -2.09. The fourth-order valence-electron chi connectivity index (χ4n) is 2.86. The van der Waals surface area contributed by atoms with Crippen molar-refractivity contribution in [3.05, 3.63) is 80.7 Å². The second-order valence-electron chi connectivity index (χ2n) is 6.62. The van der Waals surface area contributed by atoms with E-state index in [9.17, 15) is 14.4 Å². The Hall–Kier alpha value is -3.16. The van der Waals surface area contributed by atoms with Crippen LogP contribution in [0.25, 0.3) is 0 Å². The minimum absolute atomic E-state index is 0.191. The van der Waals surface area contributed by atoms with Crippen LogP contribution in [0, 0.1) is 13.8 Å². The summed E-state index contributed by atoms with van der Waals surface area (Å²) in [5.41, 5.74) is 3.01. The number of carbonyl (C=O) groups excluding carboxylic acids is 3. The number of thiophene rings is 1. The Morgan fingerprint density at radius 3 is 2.27 bits per heavy atom. The van der Waals surface area contributed by atoms with Gasteiger partial charge in [-0.25, -0.2) is 0 Å². The van der Waals surface area contributed by atoms with E-state index >= 15 is 0 Å². The summed E-state index contributed by atoms with van der Waals surface area (Å²) in [4.78, 5) is 37.4. The Morgan fingerprint density at radius 1 is 0.867 bits per heavy atom. The van der Waals surface area contributed by atoms with Crippen molar-refractivity contribution in [2.75, 3.05) is 17.7 Å². The lowest BCUT2D eigenvalue weighted by atomic mass is 10.1. The van der Waals surface area contributed by atoms with Crippen molar-refractivity contribution in [1.82, 2.24) is 5.32 Å². The second-order valence-corrected chi connectivity index (χ2v) is 8.08. The first-order valence-corrected chi connectivity index (χ1v) is 10.3. The molecule has 0 aliphatic carbocycles. The van der Waals surface area contributed by atoms with Crippen LogP contribution in [0.3, 0.4) is 0 Å². The zero-order valence-electron chi connectivity index (χ0n) is 16.6. The normalized spacial score (nSPS) is 10.4. The van der Waals surface area contributed by atoms with Crippen molar-refractivity contribution in [3.8, 4) is 0 Å². The molecule has 0 saturated carbocycles. The van der Waals surface area contributed by atoms with Crippen LogP contribution in [0.5, 0.6) is 0 Å². The quantitative estimate of drug-likeness (QED) is 0.527. The molecule has 1 aromatic heterocycles. The van der Waals surface area contributed by atoms with Crippen molar-refractivity contribution in [2.45, 2.75) is 13.8 Å². The Kier molecular flexibility index (Phi) is 6.54. The predicted octanol–water partition coefficient (Wildman–Crippen LogP) is 4.88. The minimum Gasteiger partial charge on any atom is -0.355 e. The number of anilines is 2. The molecular formula is C22H20ClN3O3S. The molecule has 1 heterocycles. The molecule has 0 unspecified atom stereocenters. The van der Waals surface area contributed by atoms with Gasteiger partial charge < -0.3 is 16.0 Å². The smallest absolute Gasteiger partial charge is 0.266 e. The third kappa shape index (κ3) is 4.69. The zero-order valence-corrected chi connectivity index (χ0v) is 18.2. The fraction of sp³-hybridized carbons (Fsp3) is 0.136. The SMILES string of the molecule is CNC(=O)c1ccc(NC(=O)c2sc(NC(=O)c3ccccc3Cl)cc2C)c(C)c1. The summed E-state index contributed by atoms with van der Waals surface area (Å²) in [5.74, 6) is -0.815. The average molecular weight is 442 g/mol. The van der Waals surface area contributed by atoms with Crippen LogP contribution in [-0.4, -0.2) is 24.8 Å². The van der Waals surface area contributed by atoms with Gasteiger partial charge in [0, 0.05) is 18.3 Å². The number of aryl methyl sites for hydroxylation is 2. The lowest BCUT2D eigenvalue weighted by Crippen LogP contribution is -2.18. The van der Waals surface area contributed by atoms with Gasteiger partial charge in [0.2, 0.25) is 0 Å². The highest BCUT2D eigenvalue weighted by Crippen LogP contribution is 2.29. The molecule has 0 atom stereocenters. The molecule has 3 amide bonds. The van der Waals surface area contributed by atoms with Crippen LogP contribution in [0.4, 0.5) is 10.7 Å². The highest BCUT2D eigenvalue weighted by Gasteiger charge is 2.17. The van der Waals surface area contributed by atoms with Gasteiger partial charge in [0.25, 0.3) is 17.7 Å². The molecule has 154 valence electrons. The predicted molar refractivity (Wildman–Crippen MR) is 121 cm³/mol. The maximum atomic E-state index is 12.8. The Labute approximate surface area is 183 Å². The molecular weight excluding hydrogens is 422 g/mol. The van der Waals surface area contributed by atoms with Gasteiger partial charge in [0.05, 0.1) is 20.5 Å². The fourth-order valence-corrected chi connectivity index (χ4v) is 4.05.